The molecule has 110 valence electrons. The van der Waals surface area contributed by atoms with Gasteiger partial charge in [0, 0.05) is 19.1 Å². The van der Waals surface area contributed by atoms with Crippen LogP contribution in [0.1, 0.15) is 52.4 Å². The molecule has 0 amide bonds. The molecule has 0 bridgehead atoms. The van der Waals surface area contributed by atoms with E-state index in [1.54, 1.807) is 0 Å². The maximum absolute atomic E-state index is 4.62. The van der Waals surface area contributed by atoms with E-state index in [1.165, 1.54) is 44.2 Å². The molecule has 1 aliphatic heterocycles. The number of rotatable bonds is 3. The van der Waals surface area contributed by atoms with Crippen LogP contribution < -0.4 is 10.2 Å². The van der Waals surface area contributed by atoms with Crippen molar-refractivity contribution >= 4 is 11.5 Å². The normalized spacial score (nSPS) is 23.0. The molecule has 1 aromatic rings. The Hall–Kier alpha value is -1.25. The standard InChI is InChI=1S/C17H27N3/c1-17(2)9-7-14(8-10-17)19-15-5-6-16(18-13-15)20-11-3-4-12-20/h5-6,13-14,19H,3-4,7-12H2,1-2H3. The van der Waals surface area contributed by atoms with E-state index in [2.05, 4.69) is 41.2 Å². The van der Waals surface area contributed by atoms with Crippen LogP contribution in [0.2, 0.25) is 0 Å². The van der Waals surface area contributed by atoms with Gasteiger partial charge in [0.25, 0.3) is 0 Å². The van der Waals surface area contributed by atoms with E-state index >= 15 is 0 Å². The molecular weight excluding hydrogens is 246 g/mol. The average molecular weight is 273 g/mol. The lowest BCUT2D eigenvalue weighted by Crippen LogP contribution is -2.29. The third-order valence-electron chi connectivity index (χ3n) is 4.89. The highest BCUT2D eigenvalue weighted by molar-refractivity contribution is 5.49. The molecule has 0 aromatic carbocycles. The Morgan fingerprint density at radius 2 is 1.85 bits per heavy atom. The molecule has 2 fully saturated rings. The number of nitrogens with one attached hydrogen (secondary N) is 1. The fourth-order valence-corrected chi connectivity index (χ4v) is 3.38. The molecule has 0 radical (unpaired) electrons. The molecule has 3 heteroatoms. The summed E-state index contributed by atoms with van der Waals surface area (Å²) in [4.78, 5) is 7.00. The van der Waals surface area contributed by atoms with E-state index in [0.29, 0.717) is 11.5 Å². The number of nitrogens with zero attached hydrogens (tertiary/aromatic N) is 2. The number of hydrogen-bond donors (Lipinski definition) is 1. The van der Waals surface area contributed by atoms with Crippen LogP contribution in [-0.4, -0.2) is 24.1 Å². The lowest BCUT2D eigenvalue weighted by Gasteiger charge is -2.35. The zero-order valence-corrected chi connectivity index (χ0v) is 12.9. The van der Waals surface area contributed by atoms with Gasteiger partial charge in [-0.25, -0.2) is 4.98 Å². The molecule has 1 N–H and O–H groups in total. The predicted octanol–water partition coefficient (Wildman–Crippen LogP) is 4.06. The van der Waals surface area contributed by atoms with Crippen molar-refractivity contribution in [1.82, 2.24) is 4.98 Å². The minimum Gasteiger partial charge on any atom is -0.381 e. The summed E-state index contributed by atoms with van der Waals surface area (Å²) in [5, 5.41) is 3.66. The number of aromatic nitrogens is 1. The Bertz CT molecular complexity index is 422. The zero-order chi connectivity index (χ0) is 14.0. The SMILES string of the molecule is CC1(C)CCC(Nc2ccc(N3CCCC3)nc2)CC1. The van der Waals surface area contributed by atoms with Crippen LogP contribution in [0.4, 0.5) is 11.5 Å². The summed E-state index contributed by atoms with van der Waals surface area (Å²) in [6.07, 6.45) is 9.82. The van der Waals surface area contributed by atoms with Crippen molar-refractivity contribution < 1.29 is 0 Å². The highest BCUT2D eigenvalue weighted by atomic mass is 15.2. The molecule has 2 heterocycles. The molecule has 20 heavy (non-hydrogen) atoms. The van der Waals surface area contributed by atoms with Crippen LogP contribution in [0.15, 0.2) is 18.3 Å². The minimum atomic E-state index is 0.538. The average Bonchev–Trinajstić information content (AvgIpc) is 2.96. The highest BCUT2D eigenvalue weighted by Gasteiger charge is 2.26. The van der Waals surface area contributed by atoms with Gasteiger partial charge in [-0.3, -0.25) is 0 Å². The molecule has 1 aromatic heterocycles. The Morgan fingerprint density at radius 1 is 1.15 bits per heavy atom. The summed E-state index contributed by atoms with van der Waals surface area (Å²) in [5.74, 6) is 1.14. The van der Waals surface area contributed by atoms with E-state index in [9.17, 15) is 0 Å². The summed E-state index contributed by atoms with van der Waals surface area (Å²) in [5.41, 5.74) is 1.72. The van der Waals surface area contributed by atoms with Gasteiger partial charge in [-0.15, -0.1) is 0 Å². The molecule has 1 aliphatic carbocycles. The van der Waals surface area contributed by atoms with Crippen molar-refractivity contribution in [1.29, 1.82) is 0 Å². The Kier molecular flexibility index (Phi) is 3.86. The molecule has 0 atom stereocenters. The van der Waals surface area contributed by atoms with Crippen molar-refractivity contribution in [3.8, 4) is 0 Å². The first-order valence-electron chi connectivity index (χ1n) is 8.10. The second-order valence-electron chi connectivity index (χ2n) is 7.18. The Labute approximate surface area is 122 Å². The van der Waals surface area contributed by atoms with Gasteiger partial charge in [0.2, 0.25) is 0 Å². The van der Waals surface area contributed by atoms with Crippen molar-refractivity contribution in [2.75, 3.05) is 23.3 Å². The van der Waals surface area contributed by atoms with Crippen LogP contribution in [0.5, 0.6) is 0 Å². The zero-order valence-electron chi connectivity index (χ0n) is 12.9. The van der Waals surface area contributed by atoms with Gasteiger partial charge in [-0.05, 0) is 56.1 Å². The lowest BCUT2D eigenvalue weighted by atomic mass is 9.75. The monoisotopic (exact) mass is 273 g/mol. The van der Waals surface area contributed by atoms with Gasteiger partial charge < -0.3 is 10.2 Å². The lowest BCUT2D eigenvalue weighted by molar-refractivity contribution is 0.232. The van der Waals surface area contributed by atoms with Gasteiger partial charge in [0.05, 0.1) is 11.9 Å². The van der Waals surface area contributed by atoms with Crippen molar-refractivity contribution in [3.05, 3.63) is 18.3 Å². The summed E-state index contributed by atoms with van der Waals surface area (Å²) in [6.45, 7) is 7.10. The number of pyridine rings is 1. The molecule has 1 saturated heterocycles. The molecule has 3 nitrogen and oxygen atoms in total. The first-order valence-corrected chi connectivity index (χ1v) is 8.10. The maximum Gasteiger partial charge on any atom is 0.128 e. The minimum absolute atomic E-state index is 0.538. The van der Waals surface area contributed by atoms with E-state index < -0.39 is 0 Å². The smallest absolute Gasteiger partial charge is 0.128 e. The van der Waals surface area contributed by atoms with Crippen LogP contribution in [0.3, 0.4) is 0 Å². The Morgan fingerprint density at radius 3 is 2.45 bits per heavy atom. The quantitative estimate of drug-likeness (QED) is 0.900. The number of anilines is 2. The first kappa shape index (κ1) is 13.7. The summed E-state index contributed by atoms with van der Waals surface area (Å²) in [6, 6.07) is 4.99. The van der Waals surface area contributed by atoms with Crippen LogP contribution in [-0.2, 0) is 0 Å². The molecule has 2 aliphatic rings. The van der Waals surface area contributed by atoms with E-state index in [0.717, 1.165) is 18.9 Å². The van der Waals surface area contributed by atoms with E-state index in [4.69, 9.17) is 0 Å². The van der Waals surface area contributed by atoms with Gasteiger partial charge in [0.1, 0.15) is 5.82 Å². The van der Waals surface area contributed by atoms with Gasteiger partial charge in [-0.2, -0.15) is 0 Å². The summed E-state index contributed by atoms with van der Waals surface area (Å²) >= 11 is 0. The van der Waals surface area contributed by atoms with Crippen molar-refractivity contribution in [3.63, 3.8) is 0 Å². The number of hydrogen-bond acceptors (Lipinski definition) is 3. The molecule has 0 unspecified atom stereocenters. The summed E-state index contributed by atoms with van der Waals surface area (Å²) in [7, 11) is 0. The fourth-order valence-electron chi connectivity index (χ4n) is 3.38. The third kappa shape index (κ3) is 3.25. The van der Waals surface area contributed by atoms with Gasteiger partial charge in [-0.1, -0.05) is 13.8 Å². The van der Waals surface area contributed by atoms with Gasteiger partial charge in [0.15, 0.2) is 0 Å². The fraction of sp³-hybridized carbons (Fsp3) is 0.706. The first-order chi connectivity index (χ1) is 9.62. The van der Waals surface area contributed by atoms with Crippen LogP contribution in [0, 0.1) is 5.41 Å². The molecular formula is C17H27N3. The Balaban J connectivity index is 1.55. The van der Waals surface area contributed by atoms with E-state index in [-0.39, 0.29) is 0 Å². The van der Waals surface area contributed by atoms with Crippen molar-refractivity contribution in [2.45, 2.75) is 58.4 Å². The van der Waals surface area contributed by atoms with Gasteiger partial charge >= 0.3 is 0 Å². The van der Waals surface area contributed by atoms with E-state index in [1.807, 2.05) is 6.20 Å². The highest BCUT2D eigenvalue weighted by Crippen LogP contribution is 2.36. The largest absolute Gasteiger partial charge is 0.381 e. The second kappa shape index (κ2) is 5.63. The molecule has 0 spiro atoms. The van der Waals surface area contributed by atoms with Crippen LogP contribution >= 0.6 is 0 Å². The summed E-state index contributed by atoms with van der Waals surface area (Å²) < 4.78 is 0. The molecule has 3 rings (SSSR count). The maximum atomic E-state index is 4.62. The predicted molar refractivity (Wildman–Crippen MR) is 85.3 cm³/mol. The topological polar surface area (TPSA) is 28.2 Å². The second-order valence-corrected chi connectivity index (χ2v) is 7.18. The molecule has 1 saturated carbocycles. The van der Waals surface area contributed by atoms with Crippen molar-refractivity contribution in [2.24, 2.45) is 5.41 Å². The third-order valence-corrected chi connectivity index (χ3v) is 4.89. The van der Waals surface area contributed by atoms with Crippen LogP contribution in [0.25, 0.3) is 0 Å².